The molecule has 1 fully saturated rings. The number of hydrogen-bond donors (Lipinski definition) is 2. The Kier molecular flexibility index (Phi) is 3.29. The molecule has 6 heteroatoms. The van der Waals surface area contributed by atoms with Crippen LogP contribution in [-0.2, 0) is 23.1 Å². The molecule has 0 aliphatic heterocycles. The minimum atomic E-state index is -3.38. The van der Waals surface area contributed by atoms with E-state index in [2.05, 4.69) is 4.72 Å². The highest BCUT2D eigenvalue weighted by Gasteiger charge is 2.36. The highest BCUT2D eigenvalue weighted by atomic mass is 32.2. The predicted molar refractivity (Wildman–Crippen MR) is 65.9 cm³/mol. The lowest BCUT2D eigenvalue weighted by Gasteiger charge is -2.03. The normalized spacial score (nSPS) is 23.9. The van der Waals surface area contributed by atoms with E-state index in [1.165, 1.54) is 0 Å². The summed E-state index contributed by atoms with van der Waals surface area (Å²) < 4.78 is 28.7. The summed E-state index contributed by atoms with van der Waals surface area (Å²) in [7, 11) is -3.38. The molecule has 17 heavy (non-hydrogen) atoms. The van der Waals surface area contributed by atoms with Crippen LogP contribution in [0.4, 0.5) is 0 Å². The highest BCUT2D eigenvalue weighted by molar-refractivity contribution is 7.89. The molecule has 2 unspecified atom stereocenters. The topological polar surface area (TPSA) is 77.1 Å². The maximum absolute atomic E-state index is 12.1. The molecule has 1 heterocycles. The number of nitrogens with two attached hydrogens (primary N) is 1. The van der Waals surface area contributed by atoms with Crippen molar-refractivity contribution in [2.45, 2.75) is 44.3 Å². The SMILES string of the molecule is CCn1cc(S(=O)(=O)NC2CC2C)cc1CN. The Morgan fingerprint density at radius 3 is 2.65 bits per heavy atom. The summed E-state index contributed by atoms with van der Waals surface area (Å²) in [5.74, 6) is 0.451. The van der Waals surface area contributed by atoms with Crippen molar-refractivity contribution in [1.29, 1.82) is 0 Å². The smallest absolute Gasteiger partial charge is 0.242 e. The van der Waals surface area contributed by atoms with Crippen molar-refractivity contribution < 1.29 is 8.42 Å². The van der Waals surface area contributed by atoms with Gasteiger partial charge in [-0.2, -0.15) is 0 Å². The average Bonchev–Trinajstić information content (AvgIpc) is 2.83. The number of nitrogens with one attached hydrogen (secondary N) is 1. The second-order valence-electron chi connectivity index (χ2n) is 4.60. The summed E-state index contributed by atoms with van der Waals surface area (Å²) in [4.78, 5) is 0.318. The molecule has 1 saturated carbocycles. The van der Waals surface area contributed by atoms with Gasteiger partial charge in [-0.3, -0.25) is 0 Å². The van der Waals surface area contributed by atoms with Crippen LogP contribution in [0, 0.1) is 5.92 Å². The van der Waals surface area contributed by atoms with Crippen LogP contribution in [0.2, 0.25) is 0 Å². The van der Waals surface area contributed by atoms with Gasteiger partial charge < -0.3 is 10.3 Å². The molecule has 2 atom stereocenters. The average molecular weight is 257 g/mol. The third kappa shape index (κ3) is 2.53. The van der Waals surface area contributed by atoms with E-state index in [9.17, 15) is 8.42 Å². The number of hydrogen-bond acceptors (Lipinski definition) is 3. The second-order valence-corrected chi connectivity index (χ2v) is 6.31. The van der Waals surface area contributed by atoms with E-state index in [4.69, 9.17) is 5.73 Å². The van der Waals surface area contributed by atoms with Gasteiger partial charge in [0, 0.05) is 31.0 Å². The van der Waals surface area contributed by atoms with E-state index in [1.807, 2.05) is 18.4 Å². The minimum absolute atomic E-state index is 0.103. The first-order chi connectivity index (χ1) is 7.97. The number of aryl methyl sites for hydroxylation is 1. The Balaban J connectivity index is 2.23. The van der Waals surface area contributed by atoms with Gasteiger partial charge in [0.1, 0.15) is 0 Å². The van der Waals surface area contributed by atoms with Crippen molar-refractivity contribution in [2.75, 3.05) is 0 Å². The summed E-state index contributed by atoms with van der Waals surface area (Å²) in [5, 5.41) is 0. The molecule has 0 aromatic carbocycles. The lowest BCUT2D eigenvalue weighted by Crippen LogP contribution is -2.26. The van der Waals surface area contributed by atoms with Crippen LogP contribution in [0.15, 0.2) is 17.2 Å². The quantitative estimate of drug-likeness (QED) is 0.813. The molecular weight excluding hydrogens is 238 g/mol. The van der Waals surface area contributed by atoms with Crippen molar-refractivity contribution in [3.8, 4) is 0 Å². The van der Waals surface area contributed by atoms with Crippen molar-refractivity contribution in [3.63, 3.8) is 0 Å². The van der Waals surface area contributed by atoms with Gasteiger partial charge in [-0.15, -0.1) is 0 Å². The third-order valence-corrected chi connectivity index (χ3v) is 4.69. The van der Waals surface area contributed by atoms with Crippen LogP contribution in [0.25, 0.3) is 0 Å². The maximum atomic E-state index is 12.1. The Labute approximate surface area is 102 Å². The van der Waals surface area contributed by atoms with Crippen molar-refractivity contribution in [2.24, 2.45) is 11.7 Å². The molecule has 2 rings (SSSR count). The van der Waals surface area contributed by atoms with Crippen molar-refractivity contribution in [3.05, 3.63) is 18.0 Å². The van der Waals surface area contributed by atoms with Gasteiger partial charge in [0.2, 0.25) is 10.0 Å². The van der Waals surface area contributed by atoms with E-state index in [0.717, 1.165) is 18.7 Å². The molecule has 3 N–H and O–H groups in total. The summed E-state index contributed by atoms with van der Waals surface area (Å²) in [5.41, 5.74) is 6.43. The monoisotopic (exact) mass is 257 g/mol. The zero-order chi connectivity index (χ0) is 12.6. The largest absolute Gasteiger partial charge is 0.349 e. The first-order valence-electron chi connectivity index (χ1n) is 5.89. The molecule has 1 aliphatic rings. The van der Waals surface area contributed by atoms with Gasteiger partial charge >= 0.3 is 0 Å². The van der Waals surface area contributed by atoms with E-state index < -0.39 is 10.0 Å². The van der Waals surface area contributed by atoms with Crippen LogP contribution in [-0.4, -0.2) is 19.0 Å². The standard InChI is InChI=1S/C11H19N3O2S/c1-3-14-7-10(5-9(14)6-12)17(15,16)13-11-4-8(11)2/h5,7-8,11,13H,3-4,6,12H2,1-2H3. The van der Waals surface area contributed by atoms with Gasteiger partial charge in [-0.05, 0) is 25.3 Å². The lowest BCUT2D eigenvalue weighted by molar-refractivity contribution is 0.578. The molecule has 1 aromatic heterocycles. The second kappa shape index (κ2) is 4.44. The van der Waals surface area contributed by atoms with Gasteiger partial charge in [0.25, 0.3) is 0 Å². The fraction of sp³-hybridized carbons (Fsp3) is 0.636. The third-order valence-electron chi connectivity index (χ3n) is 3.24. The Bertz CT molecular complexity index is 485. The van der Waals surface area contributed by atoms with Gasteiger partial charge in [-0.1, -0.05) is 6.92 Å². The zero-order valence-corrected chi connectivity index (χ0v) is 11.0. The molecule has 1 aliphatic carbocycles. The summed E-state index contributed by atoms with van der Waals surface area (Å²) in [6.07, 6.45) is 2.58. The minimum Gasteiger partial charge on any atom is -0.349 e. The number of rotatable bonds is 5. The van der Waals surface area contributed by atoms with Crippen LogP contribution < -0.4 is 10.5 Å². The van der Waals surface area contributed by atoms with E-state index in [1.54, 1.807) is 12.3 Å². The molecule has 96 valence electrons. The first-order valence-corrected chi connectivity index (χ1v) is 7.37. The van der Waals surface area contributed by atoms with Gasteiger partial charge in [-0.25, -0.2) is 13.1 Å². The number of sulfonamides is 1. The van der Waals surface area contributed by atoms with Crippen molar-refractivity contribution >= 4 is 10.0 Å². The maximum Gasteiger partial charge on any atom is 0.242 e. The van der Waals surface area contributed by atoms with Crippen LogP contribution in [0.5, 0.6) is 0 Å². The summed E-state index contributed by atoms with van der Waals surface area (Å²) >= 11 is 0. The van der Waals surface area contributed by atoms with E-state index >= 15 is 0 Å². The van der Waals surface area contributed by atoms with Crippen LogP contribution in [0.3, 0.4) is 0 Å². The molecule has 1 aromatic rings. The molecule has 0 spiro atoms. The number of aromatic nitrogens is 1. The van der Waals surface area contributed by atoms with E-state index in [0.29, 0.717) is 17.4 Å². The van der Waals surface area contributed by atoms with Gasteiger partial charge in [0.15, 0.2) is 0 Å². The fourth-order valence-corrected chi connectivity index (χ4v) is 3.31. The highest BCUT2D eigenvalue weighted by Crippen LogP contribution is 2.30. The van der Waals surface area contributed by atoms with Gasteiger partial charge in [0.05, 0.1) is 4.90 Å². The zero-order valence-electron chi connectivity index (χ0n) is 10.2. The van der Waals surface area contributed by atoms with Crippen molar-refractivity contribution in [1.82, 2.24) is 9.29 Å². The molecule has 5 nitrogen and oxygen atoms in total. The molecule has 0 amide bonds. The molecular formula is C11H19N3O2S. The van der Waals surface area contributed by atoms with E-state index in [-0.39, 0.29) is 6.04 Å². The van der Waals surface area contributed by atoms with Crippen LogP contribution >= 0.6 is 0 Å². The van der Waals surface area contributed by atoms with Crippen LogP contribution in [0.1, 0.15) is 26.0 Å². The molecule has 0 radical (unpaired) electrons. The summed E-state index contributed by atoms with van der Waals surface area (Å²) in [6.45, 7) is 5.08. The Morgan fingerprint density at radius 2 is 2.24 bits per heavy atom. The molecule has 0 bridgehead atoms. The first kappa shape index (κ1) is 12.6. The lowest BCUT2D eigenvalue weighted by atomic mass is 10.4. The Morgan fingerprint density at radius 1 is 1.59 bits per heavy atom. The summed E-state index contributed by atoms with van der Waals surface area (Å²) in [6, 6.07) is 1.75. The predicted octanol–water partition coefficient (Wildman–Crippen LogP) is 0.653. The number of nitrogens with zero attached hydrogens (tertiary/aromatic N) is 1. The Hall–Kier alpha value is -0.850. The fourth-order valence-electron chi connectivity index (χ4n) is 1.89. The molecule has 0 saturated heterocycles.